The molecule has 0 unspecified atom stereocenters. The maximum atomic E-state index is 12.3. The molecule has 0 aromatic heterocycles. The minimum absolute atomic E-state index is 0.0119. The van der Waals surface area contributed by atoms with Crippen molar-refractivity contribution in [1.82, 2.24) is 5.32 Å². The third-order valence-corrected chi connectivity index (χ3v) is 5.18. The number of ether oxygens (including phenoxy) is 1. The van der Waals surface area contributed by atoms with Crippen molar-refractivity contribution in [2.75, 3.05) is 19.4 Å². The van der Waals surface area contributed by atoms with Gasteiger partial charge in [0, 0.05) is 11.4 Å². The number of aryl methyl sites for hydroxylation is 2. The number of nitrogens with one attached hydrogen (secondary N) is 1. The normalized spacial score (nSPS) is 11.8. The van der Waals surface area contributed by atoms with Gasteiger partial charge in [0.05, 0.1) is 17.9 Å². The molecule has 0 heterocycles. The van der Waals surface area contributed by atoms with E-state index in [4.69, 9.17) is 4.74 Å². The predicted molar refractivity (Wildman–Crippen MR) is 96.9 cm³/mol. The molecule has 0 spiro atoms. The number of benzene rings is 2. The maximum Gasteiger partial charge on any atom is 0.233 e. The summed E-state index contributed by atoms with van der Waals surface area (Å²) in [6.45, 7) is 4.42. The maximum absolute atomic E-state index is 12.3. The molecule has 0 radical (unpaired) electrons. The van der Waals surface area contributed by atoms with E-state index in [-0.39, 0.29) is 11.7 Å². The molecule has 24 heavy (non-hydrogen) atoms. The fourth-order valence-corrected chi connectivity index (χ4v) is 3.61. The summed E-state index contributed by atoms with van der Waals surface area (Å²) >= 11 is 0. The van der Waals surface area contributed by atoms with Crippen LogP contribution in [0.2, 0.25) is 0 Å². The molecule has 0 aliphatic heterocycles. The van der Waals surface area contributed by atoms with Gasteiger partial charge in [0.1, 0.15) is 11.5 Å². The topological polar surface area (TPSA) is 55.4 Å². The molecule has 0 aliphatic carbocycles. The van der Waals surface area contributed by atoms with Crippen LogP contribution < -0.4 is 10.1 Å². The number of hydrogen-bond donors (Lipinski definition) is 1. The van der Waals surface area contributed by atoms with E-state index in [9.17, 15) is 9.00 Å². The molecule has 0 bridgehead atoms. The Morgan fingerprint density at radius 3 is 2.67 bits per heavy atom. The first-order valence-corrected chi connectivity index (χ1v) is 9.16. The molecule has 2 aromatic rings. The van der Waals surface area contributed by atoms with E-state index in [0.29, 0.717) is 13.0 Å². The fraction of sp³-hybridized carbons (Fsp3) is 0.316. The Kier molecular flexibility index (Phi) is 6.55. The van der Waals surface area contributed by atoms with Crippen molar-refractivity contribution in [2.45, 2.75) is 25.2 Å². The lowest BCUT2D eigenvalue weighted by molar-refractivity contribution is -0.118. The van der Waals surface area contributed by atoms with Crippen LogP contribution in [0.25, 0.3) is 0 Å². The van der Waals surface area contributed by atoms with E-state index in [1.807, 2.05) is 56.3 Å². The molecular weight excluding hydrogens is 322 g/mol. The van der Waals surface area contributed by atoms with Gasteiger partial charge in [0.15, 0.2) is 0 Å². The molecule has 1 atom stereocenters. The van der Waals surface area contributed by atoms with Crippen molar-refractivity contribution < 1.29 is 13.7 Å². The fourth-order valence-electron chi connectivity index (χ4n) is 2.48. The van der Waals surface area contributed by atoms with Crippen LogP contribution >= 0.6 is 0 Å². The number of methoxy groups -OCH3 is 1. The zero-order valence-electron chi connectivity index (χ0n) is 14.3. The first kappa shape index (κ1) is 18.2. The standard InChI is InChI=1S/C19H23NO3S/c1-14-7-8-18(15(2)11-14)24(22)13-19(21)20-10-9-16-5-4-6-17(12-16)23-3/h4-8,11-12H,9-10,13H2,1-3H3,(H,20,21)/t24-/m1/s1. The summed E-state index contributed by atoms with van der Waals surface area (Å²) < 4.78 is 17.5. The Morgan fingerprint density at radius 2 is 1.96 bits per heavy atom. The average Bonchev–Trinajstić information content (AvgIpc) is 2.54. The molecule has 0 aliphatic rings. The van der Waals surface area contributed by atoms with Crippen LogP contribution in [0.1, 0.15) is 16.7 Å². The highest BCUT2D eigenvalue weighted by Crippen LogP contribution is 2.15. The van der Waals surface area contributed by atoms with Crippen LogP contribution in [-0.2, 0) is 22.0 Å². The van der Waals surface area contributed by atoms with Gasteiger partial charge in [-0.05, 0) is 49.6 Å². The SMILES string of the molecule is COc1cccc(CCNC(=O)C[S@@](=O)c2ccc(C)cc2C)c1. The van der Waals surface area contributed by atoms with Gasteiger partial charge in [-0.1, -0.05) is 29.8 Å². The van der Waals surface area contributed by atoms with E-state index in [1.54, 1.807) is 7.11 Å². The molecule has 4 nitrogen and oxygen atoms in total. The van der Waals surface area contributed by atoms with Gasteiger partial charge in [0.2, 0.25) is 5.91 Å². The molecule has 0 fully saturated rings. The Morgan fingerprint density at radius 1 is 1.17 bits per heavy atom. The Labute approximate surface area is 145 Å². The number of carbonyl (C=O) groups is 1. The number of carbonyl (C=O) groups excluding carboxylic acids is 1. The minimum atomic E-state index is -1.32. The third kappa shape index (κ3) is 5.20. The molecular formula is C19H23NO3S. The average molecular weight is 345 g/mol. The summed E-state index contributed by atoms with van der Waals surface area (Å²) in [6, 6.07) is 13.5. The lowest BCUT2D eigenvalue weighted by Crippen LogP contribution is -2.30. The van der Waals surface area contributed by atoms with E-state index in [1.165, 1.54) is 0 Å². The van der Waals surface area contributed by atoms with Crippen molar-refractivity contribution in [3.63, 3.8) is 0 Å². The summed E-state index contributed by atoms with van der Waals surface area (Å²) in [6.07, 6.45) is 0.707. The van der Waals surface area contributed by atoms with Crippen molar-refractivity contribution in [3.05, 3.63) is 59.2 Å². The zero-order valence-corrected chi connectivity index (χ0v) is 15.1. The molecule has 0 saturated carbocycles. The van der Waals surface area contributed by atoms with Gasteiger partial charge >= 0.3 is 0 Å². The van der Waals surface area contributed by atoms with Gasteiger partial charge in [-0.15, -0.1) is 0 Å². The predicted octanol–water partition coefficient (Wildman–Crippen LogP) is 2.78. The Bertz CT molecular complexity index is 743. The van der Waals surface area contributed by atoms with E-state index < -0.39 is 10.8 Å². The minimum Gasteiger partial charge on any atom is -0.497 e. The Hall–Kier alpha value is -2.14. The Balaban J connectivity index is 1.83. The summed E-state index contributed by atoms with van der Waals surface area (Å²) in [5.74, 6) is 0.591. The summed E-state index contributed by atoms with van der Waals surface area (Å²) in [5.41, 5.74) is 3.17. The molecule has 2 aromatic carbocycles. The summed E-state index contributed by atoms with van der Waals surface area (Å²) in [7, 11) is 0.310. The highest BCUT2D eigenvalue weighted by atomic mass is 32.2. The molecule has 1 amide bonds. The van der Waals surface area contributed by atoms with E-state index in [2.05, 4.69) is 5.32 Å². The highest BCUT2D eigenvalue weighted by Gasteiger charge is 2.12. The molecule has 2 rings (SSSR count). The van der Waals surface area contributed by atoms with E-state index in [0.717, 1.165) is 27.3 Å². The van der Waals surface area contributed by atoms with Crippen LogP contribution in [0.3, 0.4) is 0 Å². The van der Waals surface area contributed by atoms with E-state index >= 15 is 0 Å². The van der Waals surface area contributed by atoms with Gasteiger partial charge < -0.3 is 10.1 Å². The smallest absolute Gasteiger partial charge is 0.233 e. The van der Waals surface area contributed by atoms with Crippen molar-refractivity contribution in [2.24, 2.45) is 0 Å². The second-order valence-electron chi connectivity index (χ2n) is 5.71. The second kappa shape index (κ2) is 8.64. The van der Waals surface area contributed by atoms with Crippen molar-refractivity contribution >= 4 is 16.7 Å². The first-order chi connectivity index (χ1) is 11.5. The first-order valence-electron chi connectivity index (χ1n) is 7.85. The largest absolute Gasteiger partial charge is 0.497 e. The van der Waals surface area contributed by atoms with Crippen LogP contribution in [0, 0.1) is 13.8 Å². The van der Waals surface area contributed by atoms with Crippen LogP contribution in [0.4, 0.5) is 0 Å². The van der Waals surface area contributed by atoms with Crippen LogP contribution in [0.15, 0.2) is 47.4 Å². The zero-order chi connectivity index (χ0) is 17.5. The van der Waals surface area contributed by atoms with Gasteiger partial charge in [-0.3, -0.25) is 9.00 Å². The number of rotatable bonds is 7. The molecule has 0 saturated heterocycles. The van der Waals surface area contributed by atoms with Crippen molar-refractivity contribution in [3.8, 4) is 5.75 Å². The summed E-state index contributed by atoms with van der Waals surface area (Å²) in [5, 5.41) is 2.83. The van der Waals surface area contributed by atoms with Gasteiger partial charge in [0.25, 0.3) is 0 Å². The number of amides is 1. The number of hydrogen-bond acceptors (Lipinski definition) is 3. The highest BCUT2D eigenvalue weighted by molar-refractivity contribution is 7.85. The molecule has 5 heteroatoms. The molecule has 128 valence electrons. The van der Waals surface area contributed by atoms with Gasteiger partial charge in [-0.25, -0.2) is 0 Å². The third-order valence-electron chi connectivity index (χ3n) is 3.71. The van der Waals surface area contributed by atoms with Crippen LogP contribution in [0.5, 0.6) is 5.75 Å². The van der Waals surface area contributed by atoms with Crippen LogP contribution in [-0.4, -0.2) is 29.5 Å². The molecule has 1 N–H and O–H groups in total. The lowest BCUT2D eigenvalue weighted by Gasteiger charge is -2.08. The monoisotopic (exact) mass is 345 g/mol. The quantitative estimate of drug-likeness (QED) is 0.839. The lowest BCUT2D eigenvalue weighted by atomic mass is 10.1. The van der Waals surface area contributed by atoms with Crippen molar-refractivity contribution in [1.29, 1.82) is 0 Å². The van der Waals surface area contributed by atoms with Gasteiger partial charge in [-0.2, -0.15) is 0 Å². The second-order valence-corrected chi connectivity index (χ2v) is 7.13. The summed E-state index contributed by atoms with van der Waals surface area (Å²) in [4.78, 5) is 12.7.